The van der Waals surface area contributed by atoms with Crippen LogP contribution in [0.25, 0.3) is 0 Å². The summed E-state index contributed by atoms with van der Waals surface area (Å²) in [6.45, 7) is 0.0578. The molecule has 2 aliphatic rings. The zero-order valence-electron chi connectivity index (χ0n) is 35.3. The number of aliphatic hydroxyl groups is 2. The van der Waals surface area contributed by atoms with E-state index in [-0.39, 0.29) is 38.6 Å². The van der Waals surface area contributed by atoms with Crippen molar-refractivity contribution in [2.24, 2.45) is 5.73 Å². The van der Waals surface area contributed by atoms with E-state index in [2.05, 4.69) is 4.18 Å². The Bertz CT molecular complexity index is 1300. The van der Waals surface area contributed by atoms with E-state index in [0.29, 0.717) is 30.5 Å². The number of hydrogen-bond acceptors (Lipinski definition) is 14. The van der Waals surface area contributed by atoms with Crippen LogP contribution in [-0.4, -0.2) is 142 Å². The summed E-state index contributed by atoms with van der Waals surface area (Å²) in [5.41, 5.74) is 5.68. The lowest BCUT2D eigenvalue weighted by atomic mass is 9.94. The molecule has 0 amide bonds. The number of phosphoric acid groups is 1. The molecule has 2 saturated heterocycles. The number of phosphoric ester groups is 1. The summed E-state index contributed by atoms with van der Waals surface area (Å²) in [6, 6.07) is -0.604. The van der Waals surface area contributed by atoms with Crippen molar-refractivity contribution in [1.82, 2.24) is 0 Å². The quantitative estimate of drug-likeness (QED) is 0.0137. The highest BCUT2D eigenvalue weighted by Gasteiger charge is 2.52. The molecule has 19 heteroatoms. The van der Waals surface area contributed by atoms with Gasteiger partial charge in [0.1, 0.15) is 32.0 Å². The second kappa shape index (κ2) is 28.5. The summed E-state index contributed by atoms with van der Waals surface area (Å²) in [5.74, 6) is -1.20. The van der Waals surface area contributed by atoms with Crippen molar-refractivity contribution in [2.75, 3.05) is 67.3 Å². The number of carbonyl (C=O) groups is 1. The minimum Gasteiger partial charge on any atom is -0.460 e. The number of esters is 1. The fourth-order valence-electron chi connectivity index (χ4n) is 6.85. The van der Waals surface area contributed by atoms with Crippen LogP contribution in [0.4, 0.5) is 0 Å². The first-order valence-electron chi connectivity index (χ1n) is 21.3. The molecular formula is C39H76N2O15PS+. The molecule has 0 spiro atoms. The van der Waals surface area contributed by atoms with E-state index in [9.17, 15) is 32.9 Å². The highest BCUT2D eigenvalue weighted by molar-refractivity contribution is 7.80. The first-order chi connectivity index (χ1) is 27.4. The molecule has 0 aromatic rings. The zero-order valence-corrected chi connectivity index (χ0v) is 37.0. The van der Waals surface area contributed by atoms with Gasteiger partial charge in [0.25, 0.3) is 0 Å². The molecule has 0 radical (unpaired) electrons. The highest BCUT2D eigenvalue weighted by Crippen LogP contribution is 2.45. The number of likely N-dealkylation sites (N-methyl/N-ethyl adjacent to an activating group) is 1. The second-order valence-corrected chi connectivity index (χ2v) is 19.3. The van der Waals surface area contributed by atoms with Gasteiger partial charge in [-0.3, -0.25) is 13.6 Å². The number of unbranched alkanes of at least 4 members (excludes halogenated alkanes) is 14. The average Bonchev–Trinajstić information content (AvgIpc) is 3.45. The van der Waals surface area contributed by atoms with E-state index in [1.807, 2.05) is 21.1 Å². The molecule has 0 aliphatic carbocycles. The van der Waals surface area contributed by atoms with Crippen molar-refractivity contribution < 1.29 is 74.1 Å². The third kappa shape index (κ3) is 26.3. The van der Waals surface area contributed by atoms with Crippen molar-refractivity contribution in [2.45, 2.75) is 165 Å². The summed E-state index contributed by atoms with van der Waals surface area (Å²) < 4.78 is 79.3. The van der Waals surface area contributed by atoms with Gasteiger partial charge >= 0.3 is 24.2 Å². The Balaban J connectivity index is 1.45. The molecule has 0 saturated carbocycles. The number of hydrogen-bond donors (Lipinski definition) is 5. The molecule has 0 aromatic carbocycles. The second-order valence-electron chi connectivity index (χ2n) is 16.7. The predicted octanol–water partition coefficient (Wildman–Crippen LogP) is 5.11. The lowest BCUT2D eigenvalue weighted by Crippen LogP contribution is -2.41. The fraction of sp³-hybridized carbons (Fsp3) is 0.923. The van der Waals surface area contributed by atoms with Crippen LogP contribution in [0.15, 0.2) is 12.2 Å². The third-order valence-electron chi connectivity index (χ3n) is 10.1. The molecule has 7 atom stereocenters. The van der Waals surface area contributed by atoms with Crippen LogP contribution in [0.5, 0.6) is 0 Å². The lowest BCUT2D eigenvalue weighted by Gasteiger charge is -2.33. The van der Waals surface area contributed by atoms with Gasteiger partial charge in [0.15, 0.2) is 5.79 Å². The SMILES string of the molecule is C[N+](C)(C)CCOP(=O)(O)OC[C@H](O)COC(=O)/C=C/CCCCC[C@H]1O[C@]2(CCCCCCCCCCCCCCOC[C@@H](N)COS(=O)(=O)O)CC[C@@H](O)[C@H]1O2. The van der Waals surface area contributed by atoms with E-state index in [0.717, 1.165) is 70.6 Å². The number of aliphatic hydroxyl groups excluding tert-OH is 2. The van der Waals surface area contributed by atoms with Crippen LogP contribution in [-0.2, 0) is 51.9 Å². The largest absolute Gasteiger partial charge is 0.472 e. The van der Waals surface area contributed by atoms with Gasteiger partial charge in [-0.15, -0.1) is 0 Å². The van der Waals surface area contributed by atoms with Crippen molar-refractivity contribution in [1.29, 1.82) is 0 Å². The molecule has 1 unspecified atom stereocenters. The number of nitrogens with zero attached hydrogens (tertiary/aromatic N) is 1. The van der Waals surface area contributed by atoms with Crippen LogP contribution in [0.2, 0.25) is 0 Å². The van der Waals surface area contributed by atoms with Crippen molar-refractivity contribution >= 4 is 24.2 Å². The summed E-state index contributed by atoms with van der Waals surface area (Å²) in [5, 5.41) is 20.6. The van der Waals surface area contributed by atoms with E-state index in [1.165, 1.54) is 51.0 Å². The van der Waals surface area contributed by atoms with E-state index < -0.39 is 54.8 Å². The summed E-state index contributed by atoms with van der Waals surface area (Å²) in [7, 11) is -3.05. The minimum absolute atomic E-state index is 0.0139. The number of carbonyl (C=O) groups excluding carboxylic acids is 1. The van der Waals surface area contributed by atoms with Gasteiger partial charge in [0, 0.05) is 25.5 Å². The molecule has 58 heavy (non-hydrogen) atoms. The minimum atomic E-state index is -4.47. The first-order valence-corrected chi connectivity index (χ1v) is 24.2. The number of ether oxygens (including phenoxy) is 4. The van der Waals surface area contributed by atoms with Gasteiger partial charge < -0.3 is 44.3 Å². The Kier molecular flexibility index (Phi) is 26.1. The van der Waals surface area contributed by atoms with Crippen LogP contribution in [0.1, 0.15) is 128 Å². The van der Waals surface area contributed by atoms with E-state index in [4.69, 9.17) is 38.3 Å². The van der Waals surface area contributed by atoms with Crippen LogP contribution in [0.3, 0.4) is 0 Å². The van der Waals surface area contributed by atoms with Gasteiger partial charge in [-0.1, -0.05) is 83.1 Å². The number of quaternary nitrogens is 1. The Labute approximate surface area is 347 Å². The number of rotatable bonds is 36. The molecule has 342 valence electrons. The third-order valence-corrected chi connectivity index (χ3v) is 11.5. The molecule has 2 fully saturated rings. The Morgan fingerprint density at radius 1 is 0.879 bits per heavy atom. The Morgan fingerprint density at radius 2 is 1.50 bits per heavy atom. The molecule has 17 nitrogen and oxygen atoms in total. The molecule has 0 aromatic heterocycles. The topological polar surface area (TPSA) is 240 Å². The fourth-order valence-corrected chi connectivity index (χ4v) is 7.94. The molecule has 2 heterocycles. The number of nitrogens with two attached hydrogens (primary N) is 1. The smallest absolute Gasteiger partial charge is 0.460 e. The van der Waals surface area contributed by atoms with Gasteiger partial charge in [-0.05, 0) is 38.5 Å². The summed E-state index contributed by atoms with van der Waals surface area (Å²) in [4.78, 5) is 21.7. The highest BCUT2D eigenvalue weighted by atomic mass is 32.3. The van der Waals surface area contributed by atoms with Crippen molar-refractivity contribution in [3.05, 3.63) is 12.2 Å². The van der Waals surface area contributed by atoms with Gasteiger partial charge in [0.2, 0.25) is 0 Å². The maximum absolute atomic E-state index is 12.0. The predicted molar refractivity (Wildman–Crippen MR) is 218 cm³/mol. The zero-order chi connectivity index (χ0) is 42.9. The van der Waals surface area contributed by atoms with Gasteiger partial charge in [-0.2, -0.15) is 8.42 Å². The first kappa shape index (κ1) is 53.0. The monoisotopic (exact) mass is 875 g/mol. The lowest BCUT2D eigenvalue weighted by molar-refractivity contribution is -0.870. The maximum atomic E-state index is 12.0. The molecule has 2 bridgehead atoms. The van der Waals surface area contributed by atoms with Gasteiger partial charge in [0.05, 0.1) is 59.2 Å². The standard InChI is InChI=1S/C39H75N2O15PS/c1-41(2,3)26-28-52-57(45,46)53-32-34(42)31-51-37(44)22-18-14-12-13-17-21-36-38-35(43)23-25-39(55-36,56-38)24-19-15-10-8-6-4-5-7-9-11-16-20-27-50-29-33(40)30-54-58(47,48)49/h18,22,33-36,38,42-43H,4-17,19-21,23-32,40H2,1-3H3,(H-,45,46,47,48,49)/p+1/b22-18+/t33-,34-,35-,36-,38-,39+/m1/s1. The molecular weight excluding hydrogens is 799 g/mol. The molecule has 2 rings (SSSR count). The maximum Gasteiger partial charge on any atom is 0.472 e. The van der Waals surface area contributed by atoms with E-state index in [1.54, 1.807) is 6.08 Å². The summed E-state index contributed by atoms with van der Waals surface area (Å²) >= 11 is 0. The average molecular weight is 876 g/mol. The number of fused-ring (bicyclic) bond motifs is 2. The normalized spacial score (nSPS) is 23.3. The van der Waals surface area contributed by atoms with Crippen LogP contribution >= 0.6 is 7.82 Å². The van der Waals surface area contributed by atoms with Crippen LogP contribution < -0.4 is 5.73 Å². The number of allylic oxidation sites excluding steroid dienone is 1. The van der Waals surface area contributed by atoms with Crippen molar-refractivity contribution in [3.63, 3.8) is 0 Å². The van der Waals surface area contributed by atoms with Gasteiger partial charge in [-0.25, -0.2) is 13.5 Å². The van der Waals surface area contributed by atoms with E-state index >= 15 is 0 Å². The Hall–Kier alpha value is -1.09. The molecule has 6 N–H and O–H groups in total. The summed E-state index contributed by atoms with van der Waals surface area (Å²) in [6.07, 6.45) is 21.3. The Morgan fingerprint density at radius 3 is 2.14 bits per heavy atom. The van der Waals surface area contributed by atoms with Crippen molar-refractivity contribution in [3.8, 4) is 0 Å². The molecule has 2 aliphatic heterocycles. The van der Waals surface area contributed by atoms with Crippen LogP contribution in [0, 0.1) is 0 Å².